The molecule has 2 aromatic carbocycles. The highest BCUT2D eigenvalue weighted by Gasteiger charge is 2.19. The van der Waals surface area contributed by atoms with E-state index in [1.54, 1.807) is 30.0 Å². The Bertz CT molecular complexity index is 1640. The van der Waals surface area contributed by atoms with Gasteiger partial charge in [0.25, 0.3) is 5.56 Å². The van der Waals surface area contributed by atoms with E-state index in [9.17, 15) is 9.59 Å². The number of benzene rings is 2. The minimum Gasteiger partial charge on any atom is -0.361 e. The molecule has 9 nitrogen and oxygen atoms in total. The number of aromatic nitrogens is 5. The average Bonchev–Trinajstić information content (AvgIpc) is 3.40. The first-order chi connectivity index (χ1) is 15.9. The zero-order valence-electron chi connectivity index (χ0n) is 17.9. The summed E-state index contributed by atoms with van der Waals surface area (Å²) in [5.74, 6) is 0.342. The molecule has 3 aromatic heterocycles. The first-order valence-electron chi connectivity index (χ1n) is 10.2. The number of imidazole rings is 1. The van der Waals surface area contributed by atoms with Gasteiger partial charge in [0.15, 0.2) is 11.2 Å². The van der Waals surface area contributed by atoms with E-state index in [4.69, 9.17) is 11.6 Å². The molecule has 0 spiro atoms. The summed E-state index contributed by atoms with van der Waals surface area (Å²) >= 11 is 6.02. The van der Waals surface area contributed by atoms with Crippen molar-refractivity contribution in [3.63, 3.8) is 0 Å². The van der Waals surface area contributed by atoms with Crippen molar-refractivity contribution in [2.45, 2.75) is 6.54 Å². The Morgan fingerprint density at radius 3 is 2.64 bits per heavy atom. The predicted molar refractivity (Wildman–Crippen MR) is 130 cm³/mol. The lowest BCUT2D eigenvalue weighted by molar-refractivity contribution is 0.702. The number of aromatic amines is 1. The molecular formula is C23H20ClN7O2. The second-order valence-electron chi connectivity index (χ2n) is 7.69. The molecule has 3 heterocycles. The lowest BCUT2D eigenvalue weighted by atomic mass is 10.2. The Kier molecular flexibility index (Phi) is 5.10. The van der Waals surface area contributed by atoms with Crippen molar-refractivity contribution in [3.8, 4) is 0 Å². The van der Waals surface area contributed by atoms with Gasteiger partial charge in [-0.25, -0.2) is 10.2 Å². The lowest BCUT2D eigenvalue weighted by Crippen LogP contribution is -2.37. The van der Waals surface area contributed by atoms with Crippen LogP contribution in [0.3, 0.4) is 0 Å². The highest BCUT2D eigenvalue weighted by Crippen LogP contribution is 2.20. The highest BCUT2D eigenvalue weighted by molar-refractivity contribution is 6.30. The van der Waals surface area contributed by atoms with E-state index in [-0.39, 0.29) is 5.65 Å². The van der Waals surface area contributed by atoms with Gasteiger partial charge in [-0.15, -0.1) is 0 Å². The standard InChI is InChI=1S/C23H20ClN7O2/c1-29-20-19(21(32)30(2)23(29)33)31(13-14-7-9-16(24)10-8-14)22(27-20)28-26-12-15-11-25-18-6-4-3-5-17(15)18/h3-12,25H,13H2,1-2H3,(H,27,28). The van der Waals surface area contributed by atoms with E-state index < -0.39 is 11.2 Å². The number of fused-ring (bicyclic) bond motifs is 2. The zero-order valence-corrected chi connectivity index (χ0v) is 18.7. The Balaban J connectivity index is 1.60. The van der Waals surface area contributed by atoms with Gasteiger partial charge in [-0.05, 0) is 23.8 Å². The zero-order chi connectivity index (χ0) is 23.1. The van der Waals surface area contributed by atoms with E-state index >= 15 is 0 Å². The molecule has 0 aliphatic carbocycles. The Labute approximate surface area is 192 Å². The molecule has 0 saturated heterocycles. The van der Waals surface area contributed by atoms with Gasteiger partial charge in [0.1, 0.15) is 0 Å². The van der Waals surface area contributed by atoms with Gasteiger partial charge in [0.05, 0.1) is 12.8 Å². The second kappa shape index (κ2) is 8.10. The fourth-order valence-electron chi connectivity index (χ4n) is 3.82. The van der Waals surface area contributed by atoms with E-state index in [0.29, 0.717) is 23.0 Å². The van der Waals surface area contributed by atoms with Crippen LogP contribution in [0, 0.1) is 0 Å². The van der Waals surface area contributed by atoms with Gasteiger partial charge in [0, 0.05) is 41.8 Å². The van der Waals surface area contributed by atoms with Crippen molar-refractivity contribution < 1.29 is 0 Å². The van der Waals surface area contributed by atoms with Gasteiger partial charge < -0.3 is 4.98 Å². The second-order valence-corrected chi connectivity index (χ2v) is 8.12. The molecule has 166 valence electrons. The Morgan fingerprint density at radius 2 is 1.85 bits per heavy atom. The van der Waals surface area contributed by atoms with Crippen LogP contribution < -0.4 is 16.7 Å². The largest absolute Gasteiger partial charge is 0.361 e. The van der Waals surface area contributed by atoms with Gasteiger partial charge in [0.2, 0.25) is 5.95 Å². The van der Waals surface area contributed by atoms with Crippen molar-refractivity contribution in [2.75, 3.05) is 5.43 Å². The molecule has 0 aliphatic rings. The van der Waals surface area contributed by atoms with E-state index in [0.717, 1.165) is 26.6 Å². The molecule has 0 atom stereocenters. The summed E-state index contributed by atoms with van der Waals surface area (Å²) in [7, 11) is 3.04. The molecule has 0 amide bonds. The number of rotatable bonds is 5. The van der Waals surface area contributed by atoms with E-state index in [1.807, 2.05) is 42.6 Å². The van der Waals surface area contributed by atoms with Gasteiger partial charge >= 0.3 is 5.69 Å². The summed E-state index contributed by atoms with van der Waals surface area (Å²) in [6.07, 6.45) is 3.55. The first-order valence-corrected chi connectivity index (χ1v) is 10.6. The molecule has 0 bridgehead atoms. The predicted octanol–water partition coefficient (Wildman–Crippen LogP) is 3.06. The average molecular weight is 462 g/mol. The molecule has 5 aromatic rings. The monoisotopic (exact) mass is 461 g/mol. The van der Waals surface area contributed by atoms with Crippen LogP contribution >= 0.6 is 11.6 Å². The molecule has 0 fully saturated rings. The van der Waals surface area contributed by atoms with Gasteiger partial charge in [-0.3, -0.25) is 18.5 Å². The number of halogens is 1. The number of nitrogens with zero attached hydrogens (tertiary/aromatic N) is 5. The van der Waals surface area contributed by atoms with Gasteiger partial charge in [-0.2, -0.15) is 10.1 Å². The van der Waals surface area contributed by atoms with Crippen molar-refractivity contribution in [2.24, 2.45) is 19.2 Å². The lowest BCUT2D eigenvalue weighted by Gasteiger charge is -2.09. The van der Waals surface area contributed by atoms with Crippen LogP contribution in [-0.2, 0) is 20.6 Å². The minimum atomic E-state index is -0.447. The summed E-state index contributed by atoms with van der Waals surface area (Å²) in [6, 6.07) is 15.2. The van der Waals surface area contributed by atoms with Crippen molar-refractivity contribution in [3.05, 3.63) is 91.7 Å². The number of para-hydroxylation sites is 1. The summed E-state index contributed by atoms with van der Waals surface area (Å²) in [4.78, 5) is 33.1. The maximum atomic E-state index is 13.0. The van der Waals surface area contributed by atoms with Gasteiger partial charge in [-0.1, -0.05) is 41.9 Å². The molecule has 0 unspecified atom stereocenters. The Hall–Kier alpha value is -4.11. The number of H-pyrrole nitrogens is 1. The summed E-state index contributed by atoms with van der Waals surface area (Å²) in [5, 5.41) is 6.01. The summed E-state index contributed by atoms with van der Waals surface area (Å²) < 4.78 is 4.14. The van der Waals surface area contributed by atoms with E-state index in [2.05, 4.69) is 20.5 Å². The van der Waals surface area contributed by atoms with E-state index in [1.165, 1.54) is 11.6 Å². The number of hydrogen-bond donors (Lipinski definition) is 2. The number of hydrogen-bond acceptors (Lipinski definition) is 5. The summed E-state index contributed by atoms with van der Waals surface area (Å²) in [6.45, 7) is 0.339. The molecular weight excluding hydrogens is 442 g/mol. The van der Waals surface area contributed by atoms with Crippen LogP contribution in [0.4, 0.5) is 5.95 Å². The maximum Gasteiger partial charge on any atom is 0.332 e. The molecule has 33 heavy (non-hydrogen) atoms. The maximum absolute atomic E-state index is 13.0. The van der Waals surface area contributed by atoms with Crippen LogP contribution in [0.1, 0.15) is 11.1 Å². The number of aryl methyl sites for hydroxylation is 1. The minimum absolute atomic E-state index is 0.279. The van der Waals surface area contributed by atoms with Crippen LogP contribution in [0.2, 0.25) is 5.02 Å². The topological polar surface area (TPSA) is 102 Å². The smallest absolute Gasteiger partial charge is 0.332 e. The highest BCUT2D eigenvalue weighted by atomic mass is 35.5. The molecule has 0 saturated carbocycles. The quantitative estimate of drug-likeness (QED) is 0.310. The fourth-order valence-corrected chi connectivity index (χ4v) is 3.94. The van der Waals surface area contributed by atoms with Crippen molar-refractivity contribution in [1.29, 1.82) is 0 Å². The van der Waals surface area contributed by atoms with Crippen LogP contribution in [0.25, 0.3) is 22.1 Å². The Morgan fingerprint density at radius 1 is 1.09 bits per heavy atom. The fraction of sp³-hybridized carbons (Fsp3) is 0.130. The van der Waals surface area contributed by atoms with Crippen LogP contribution in [0.5, 0.6) is 0 Å². The number of anilines is 1. The molecule has 0 radical (unpaired) electrons. The number of hydrazone groups is 1. The van der Waals surface area contributed by atoms with Crippen molar-refractivity contribution >= 4 is 45.8 Å². The molecule has 0 aliphatic heterocycles. The number of nitrogens with one attached hydrogen (secondary N) is 2. The van der Waals surface area contributed by atoms with Crippen molar-refractivity contribution in [1.82, 2.24) is 23.7 Å². The SMILES string of the molecule is Cn1c(=O)c2c(nc(NN=Cc3c[nH]c4ccccc34)n2Cc2ccc(Cl)cc2)n(C)c1=O. The molecule has 5 rings (SSSR count). The third-order valence-corrected chi connectivity index (χ3v) is 5.84. The third-order valence-electron chi connectivity index (χ3n) is 5.59. The molecule has 2 N–H and O–H groups in total. The third kappa shape index (κ3) is 3.62. The van der Waals surface area contributed by atoms with Crippen LogP contribution in [-0.4, -0.2) is 29.9 Å². The molecule has 10 heteroatoms. The summed E-state index contributed by atoms with van der Waals surface area (Å²) in [5.41, 5.74) is 5.48. The normalized spacial score (nSPS) is 11.7. The first kappa shape index (κ1) is 20.8. The van der Waals surface area contributed by atoms with Crippen LogP contribution in [0.15, 0.2) is 69.4 Å².